The van der Waals surface area contributed by atoms with Crippen LogP contribution < -0.4 is 9.64 Å². The molecule has 4 atom stereocenters. The van der Waals surface area contributed by atoms with E-state index < -0.39 is 36.0 Å². The number of piperazine rings is 1. The van der Waals surface area contributed by atoms with E-state index in [1.807, 2.05) is 28.0 Å². The van der Waals surface area contributed by atoms with Crippen LogP contribution in [0.25, 0.3) is 0 Å². The molecule has 2 aliphatic carbocycles. The number of amides is 1. The average Bonchev–Trinajstić information content (AvgIpc) is 3.37. The SMILES string of the molecule is C=C(F)C(=O)N1CCN(c2nc(OC[C@@H]3CCN3CCF)nc3c2CC[C@@]2(CCc4c(Cl)cccc42)[C@H]3F)C[C@@H]1CC#N. The number of halogens is 4. The molecule has 1 aromatic carbocycles. The lowest BCUT2D eigenvalue weighted by atomic mass is 9.68. The predicted octanol–water partition coefficient (Wildman–Crippen LogP) is 4.81. The van der Waals surface area contributed by atoms with Gasteiger partial charge in [-0.2, -0.15) is 15.2 Å². The number of anilines is 1. The summed E-state index contributed by atoms with van der Waals surface area (Å²) in [7, 11) is 0. The number of nitrogens with zero attached hydrogens (tertiary/aromatic N) is 6. The van der Waals surface area contributed by atoms with E-state index in [-0.39, 0.29) is 43.9 Å². The molecule has 1 spiro atoms. The number of fused-ring (bicyclic) bond motifs is 3. The van der Waals surface area contributed by atoms with Gasteiger partial charge in [-0.05, 0) is 49.3 Å². The Labute approximate surface area is 254 Å². The second-order valence-corrected chi connectivity index (χ2v) is 12.2. The second-order valence-electron chi connectivity index (χ2n) is 11.8. The van der Waals surface area contributed by atoms with Gasteiger partial charge < -0.3 is 14.5 Å². The fourth-order valence-corrected chi connectivity index (χ4v) is 7.54. The second kappa shape index (κ2) is 12.0. The van der Waals surface area contributed by atoms with Crippen LogP contribution in [0.4, 0.5) is 19.0 Å². The summed E-state index contributed by atoms with van der Waals surface area (Å²) in [6, 6.07) is 7.21. The maximum Gasteiger partial charge on any atom is 0.318 e. The highest BCUT2D eigenvalue weighted by Gasteiger charge is 2.51. The van der Waals surface area contributed by atoms with Crippen LogP contribution in [0.15, 0.2) is 30.6 Å². The van der Waals surface area contributed by atoms with Crippen molar-refractivity contribution in [2.75, 3.05) is 50.9 Å². The van der Waals surface area contributed by atoms with E-state index in [1.165, 1.54) is 4.90 Å². The molecule has 0 saturated carbocycles. The van der Waals surface area contributed by atoms with Gasteiger partial charge >= 0.3 is 6.01 Å². The minimum absolute atomic E-state index is 0.00930. The van der Waals surface area contributed by atoms with E-state index >= 15 is 4.39 Å². The molecule has 0 bridgehead atoms. The molecule has 228 valence electrons. The Kier molecular flexibility index (Phi) is 8.26. The summed E-state index contributed by atoms with van der Waals surface area (Å²) in [6.45, 7) is 4.72. The molecule has 1 amide bonds. The number of likely N-dealkylation sites (tertiary alicyclic amines) is 1. The van der Waals surface area contributed by atoms with E-state index in [0.717, 1.165) is 24.1 Å². The van der Waals surface area contributed by atoms with Gasteiger partial charge in [0.1, 0.15) is 19.1 Å². The topological polar surface area (TPSA) is 85.6 Å². The van der Waals surface area contributed by atoms with Crippen molar-refractivity contribution in [2.24, 2.45) is 0 Å². The van der Waals surface area contributed by atoms with E-state index in [2.05, 4.69) is 17.6 Å². The molecule has 43 heavy (non-hydrogen) atoms. The highest BCUT2D eigenvalue weighted by Crippen LogP contribution is 2.56. The van der Waals surface area contributed by atoms with Crippen LogP contribution in [0.1, 0.15) is 54.2 Å². The van der Waals surface area contributed by atoms with E-state index in [9.17, 15) is 18.8 Å². The number of ether oxygens (including phenoxy) is 1. The van der Waals surface area contributed by atoms with Gasteiger partial charge in [-0.15, -0.1) is 0 Å². The quantitative estimate of drug-likeness (QED) is 0.395. The van der Waals surface area contributed by atoms with Gasteiger partial charge in [0.25, 0.3) is 5.91 Å². The molecule has 0 radical (unpaired) electrons. The van der Waals surface area contributed by atoms with Crippen molar-refractivity contribution < 1.29 is 22.7 Å². The van der Waals surface area contributed by atoms with Crippen LogP contribution in [0.3, 0.4) is 0 Å². The highest BCUT2D eigenvalue weighted by atomic mass is 35.5. The summed E-state index contributed by atoms with van der Waals surface area (Å²) in [5, 5.41) is 10.1. The molecule has 2 aromatic rings. The first kappa shape index (κ1) is 29.7. The number of hydrogen-bond acceptors (Lipinski definition) is 7. The minimum atomic E-state index is -1.43. The van der Waals surface area contributed by atoms with E-state index in [4.69, 9.17) is 21.3 Å². The zero-order chi connectivity index (χ0) is 30.3. The Morgan fingerprint density at radius 3 is 2.67 bits per heavy atom. The van der Waals surface area contributed by atoms with Crippen molar-refractivity contribution in [3.05, 3.63) is 58.0 Å². The summed E-state index contributed by atoms with van der Waals surface area (Å²) in [6.07, 6.45) is 1.78. The first-order chi connectivity index (χ1) is 20.8. The number of nitriles is 1. The third kappa shape index (κ3) is 5.22. The molecule has 4 aliphatic rings. The maximum absolute atomic E-state index is 17.0. The van der Waals surface area contributed by atoms with Gasteiger partial charge in [0.15, 0.2) is 12.0 Å². The van der Waals surface area contributed by atoms with Gasteiger partial charge in [0.2, 0.25) is 0 Å². The normalized spacial score (nSPS) is 26.4. The Morgan fingerprint density at radius 2 is 1.98 bits per heavy atom. The van der Waals surface area contributed by atoms with Crippen molar-refractivity contribution in [1.82, 2.24) is 19.8 Å². The molecule has 0 unspecified atom stereocenters. The van der Waals surface area contributed by atoms with E-state index in [0.29, 0.717) is 55.2 Å². The number of rotatable bonds is 8. The number of carbonyl (C=O) groups is 1. The molecule has 3 heterocycles. The third-order valence-electron chi connectivity index (χ3n) is 9.66. The molecular weight excluding hydrogens is 581 g/mol. The third-order valence-corrected chi connectivity index (χ3v) is 10.0. The lowest BCUT2D eigenvalue weighted by molar-refractivity contribution is -0.131. The summed E-state index contributed by atoms with van der Waals surface area (Å²) >= 11 is 6.51. The summed E-state index contributed by atoms with van der Waals surface area (Å²) in [5.74, 6) is -1.41. The van der Waals surface area contributed by atoms with Gasteiger partial charge in [-0.3, -0.25) is 9.69 Å². The molecular formula is C31H34ClF3N6O2. The maximum atomic E-state index is 17.0. The number of benzene rings is 1. The van der Waals surface area contributed by atoms with Gasteiger partial charge in [0.05, 0.1) is 24.2 Å². The Bertz CT molecular complexity index is 1470. The van der Waals surface area contributed by atoms with Crippen LogP contribution in [-0.4, -0.2) is 83.8 Å². The average molecular weight is 615 g/mol. The first-order valence-corrected chi connectivity index (χ1v) is 15.2. The molecule has 6 rings (SSSR count). The molecule has 12 heteroatoms. The molecule has 2 saturated heterocycles. The van der Waals surface area contributed by atoms with Gasteiger partial charge in [0, 0.05) is 54.8 Å². The van der Waals surface area contributed by atoms with Gasteiger partial charge in [-0.1, -0.05) is 30.3 Å². The molecule has 1 aromatic heterocycles. The Balaban J connectivity index is 1.35. The molecule has 2 aliphatic heterocycles. The smallest absolute Gasteiger partial charge is 0.318 e. The number of carbonyl (C=O) groups excluding carboxylic acids is 1. The molecule has 2 fully saturated rings. The molecule has 0 N–H and O–H groups in total. The Hall–Kier alpha value is -3.36. The zero-order valence-electron chi connectivity index (χ0n) is 23.9. The van der Waals surface area contributed by atoms with E-state index in [1.54, 1.807) is 0 Å². The van der Waals surface area contributed by atoms with Gasteiger partial charge in [-0.25, -0.2) is 13.2 Å². The largest absolute Gasteiger partial charge is 0.462 e. The lowest BCUT2D eigenvalue weighted by Gasteiger charge is -2.43. The first-order valence-electron chi connectivity index (χ1n) is 14.8. The van der Waals surface area contributed by atoms with Crippen molar-refractivity contribution in [1.29, 1.82) is 5.26 Å². The number of hydrogen-bond donors (Lipinski definition) is 0. The minimum Gasteiger partial charge on any atom is -0.462 e. The summed E-state index contributed by atoms with van der Waals surface area (Å²) in [4.78, 5) is 27.1. The lowest BCUT2D eigenvalue weighted by Crippen LogP contribution is -2.56. The number of aromatic nitrogens is 2. The highest BCUT2D eigenvalue weighted by molar-refractivity contribution is 6.31. The van der Waals surface area contributed by atoms with Crippen molar-refractivity contribution in [2.45, 2.75) is 62.2 Å². The fourth-order valence-electron chi connectivity index (χ4n) is 7.27. The van der Waals surface area contributed by atoms with Crippen LogP contribution >= 0.6 is 11.6 Å². The summed E-state index contributed by atoms with van der Waals surface area (Å²) in [5.41, 5.74) is 2.09. The van der Waals surface area contributed by atoms with Crippen LogP contribution in [0.5, 0.6) is 6.01 Å². The Morgan fingerprint density at radius 1 is 1.19 bits per heavy atom. The number of alkyl halides is 2. The van der Waals surface area contributed by atoms with Crippen molar-refractivity contribution in [3.63, 3.8) is 0 Å². The molecule has 8 nitrogen and oxygen atoms in total. The van der Waals surface area contributed by atoms with Crippen molar-refractivity contribution >= 4 is 23.3 Å². The predicted molar refractivity (Wildman–Crippen MR) is 155 cm³/mol. The zero-order valence-corrected chi connectivity index (χ0v) is 24.6. The standard InChI is InChI=1S/C31H34ClF3N6O2/c1-19(34)29(42)41-16-15-40(17-20(41)7-12-36)28-23-6-10-31(9-5-22-24(31)3-2-4-25(22)32)27(35)26(23)37-30(38-28)43-18-21-8-13-39(21)14-11-33/h2-4,20-21,27H,1,5-11,13-18H2/t20-,21-,27-,31+/m0/s1. The fraction of sp³-hybridized carbons (Fsp3) is 0.548. The van der Waals surface area contributed by atoms with Crippen molar-refractivity contribution in [3.8, 4) is 12.1 Å². The van der Waals surface area contributed by atoms with Crippen LogP contribution in [-0.2, 0) is 23.1 Å². The van der Waals surface area contributed by atoms with Crippen LogP contribution in [0.2, 0.25) is 5.02 Å². The monoisotopic (exact) mass is 614 g/mol. The summed E-state index contributed by atoms with van der Waals surface area (Å²) < 4.78 is 49.7. The van der Waals surface area contributed by atoms with Crippen LogP contribution in [0, 0.1) is 11.3 Å².